The minimum atomic E-state index is -0.824. The summed E-state index contributed by atoms with van der Waals surface area (Å²) in [6.45, 7) is 6.76. The molecule has 0 saturated carbocycles. The highest BCUT2D eigenvalue weighted by molar-refractivity contribution is 6.01. The summed E-state index contributed by atoms with van der Waals surface area (Å²) in [5, 5.41) is 0. The lowest BCUT2D eigenvalue weighted by molar-refractivity contribution is -0.151. The first-order chi connectivity index (χ1) is 7.90. The van der Waals surface area contributed by atoms with Crippen molar-refractivity contribution < 1.29 is 14.4 Å². The van der Waals surface area contributed by atoms with Crippen molar-refractivity contribution in [1.82, 2.24) is 4.90 Å². The molecule has 0 aliphatic carbocycles. The van der Waals surface area contributed by atoms with E-state index in [4.69, 9.17) is 5.73 Å². The predicted molar refractivity (Wildman–Crippen MR) is 65.1 cm³/mol. The highest BCUT2D eigenvalue weighted by Crippen LogP contribution is 2.10. The number of hydrogen-bond donors (Lipinski definition) is 1. The summed E-state index contributed by atoms with van der Waals surface area (Å²) >= 11 is 0. The Bertz CT molecular complexity index is 284. The van der Waals surface area contributed by atoms with Gasteiger partial charge in [0.05, 0.1) is 0 Å². The van der Waals surface area contributed by atoms with Crippen molar-refractivity contribution in [3.05, 3.63) is 0 Å². The minimum absolute atomic E-state index is 0.0194. The molecule has 1 unspecified atom stereocenters. The number of carbonyl (C=O) groups is 3. The van der Waals surface area contributed by atoms with Crippen LogP contribution in [0.2, 0.25) is 0 Å². The van der Waals surface area contributed by atoms with Gasteiger partial charge in [0.1, 0.15) is 6.04 Å². The molecule has 0 rings (SSSR count). The number of rotatable bonds is 6. The molecule has 1 atom stereocenters. The van der Waals surface area contributed by atoms with E-state index in [1.165, 1.54) is 0 Å². The number of hydrogen-bond acceptors (Lipinski definition) is 4. The molecule has 0 bridgehead atoms. The maximum Gasteiger partial charge on any atom is 0.229 e. The zero-order chi connectivity index (χ0) is 13.6. The van der Waals surface area contributed by atoms with Gasteiger partial charge in [-0.1, -0.05) is 27.7 Å². The number of amides is 2. The van der Waals surface area contributed by atoms with Crippen molar-refractivity contribution in [3.8, 4) is 0 Å². The highest BCUT2D eigenvalue weighted by Gasteiger charge is 2.32. The molecule has 0 aromatic heterocycles. The van der Waals surface area contributed by atoms with Gasteiger partial charge in [0.15, 0.2) is 5.78 Å². The third-order valence-corrected chi connectivity index (χ3v) is 2.57. The molecule has 0 saturated heterocycles. The van der Waals surface area contributed by atoms with Crippen LogP contribution in [0.3, 0.4) is 0 Å². The van der Waals surface area contributed by atoms with E-state index in [0.717, 1.165) is 4.90 Å². The number of Topliss-reactive ketones (excluding diaryl/α,β-unsaturated/α-hetero) is 1. The Kier molecular flexibility index (Phi) is 6.65. The van der Waals surface area contributed by atoms with Gasteiger partial charge in [-0.2, -0.15) is 0 Å². The Labute approximate surface area is 102 Å². The molecule has 17 heavy (non-hydrogen) atoms. The van der Waals surface area contributed by atoms with Crippen LogP contribution in [-0.4, -0.2) is 35.1 Å². The number of nitrogens with two attached hydrogens (primary N) is 1. The highest BCUT2D eigenvalue weighted by atomic mass is 16.2. The fourth-order valence-electron chi connectivity index (χ4n) is 1.56. The van der Waals surface area contributed by atoms with Crippen LogP contribution >= 0.6 is 0 Å². The number of carbonyl (C=O) groups excluding carboxylic acids is 3. The van der Waals surface area contributed by atoms with Crippen molar-refractivity contribution in [2.75, 3.05) is 6.54 Å². The molecule has 0 aromatic carbocycles. The van der Waals surface area contributed by atoms with Crippen molar-refractivity contribution in [1.29, 1.82) is 0 Å². The Morgan fingerprint density at radius 3 is 1.71 bits per heavy atom. The van der Waals surface area contributed by atoms with Gasteiger partial charge in [-0.15, -0.1) is 0 Å². The Morgan fingerprint density at radius 2 is 1.47 bits per heavy atom. The molecule has 0 aromatic rings. The van der Waals surface area contributed by atoms with E-state index in [-0.39, 0.29) is 42.9 Å². The lowest BCUT2D eigenvalue weighted by Crippen LogP contribution is -2.53. The van der Waals surface area contributed by atoms with E-state index >= 15 is 0 Å². The first-order valence-electron chi connectivity index (χ1n) is 5.99. The molecule has 0 aliphatic rings. The number of imide groups is 1. The van der Waals surface area contributed by atoms with Crippen LogP contribution < -0.4 is 5.73 Å². The standard InChI is InChI=1S/C12H22N2O3/c1-5-10(15)14(11(16)6-2)9(7-13)12(17)8(3)4/h8-9H,5-7,13H2,1-4H3. The monoisotopic (exact) mass is 242 g/mol. The van der Waals surface area contributed by atoms with E-state index in [9.17, 15) is 14.4 Å². The summed E-state index contributed by atoms with van der Waals surface area (Å²) in [6.07, 6.45) is 0.376. The number of nitrogens with zero attached hydrogens (tertiary/aromatic N) is 1. The summed E-state index contributed by atoms with van der Waals surface area (Å²) in [7, 11) is 0. The molecule has 5 nitrogen and oxygen atoms in total. The average molecular weight is 242 g/mol. The van der Waals surface area contributed by atoms with E-state index in [1.807, 2.05) is 0 Å². The fourth-order valence-corrected chi connectivity index (χ4v) is 1.56. The first kappa shape index (κ1) is 15.8. The molecular weight excluding hydrogens is 220 g/mol. The SMILES string of the molecule is CCC(=O)N(C(=O)CC)C(CN)C(=O)C(C)C. The number of ketones is 1. The van der Waals surface area contributed by atoms with Crippen LogP contribution in [0.1, 0.15) is 40.5 Å². The van der Waals surface area contributed by atoms with Gasteiger partial charge in [-0.05, 0) is 0 Å². The summed E-state index contributed by atoms with van der Waals surface area (Å²) < 4.78 is 0. The second-order valence-corrected chi connectivity index (χ2v) is 4.17. The molecular formula is C12H22N2O3. The van der Waals surface area contributed by atoms with E-state index in [2.05, 4.69) is 0 Å². The van der Waals surface area contributed by atoms with E-state index in [0.29, 0.717) is 0 Å². The van der Waals surface area contributed by atoms with Gasteiger partial charge in [-0.25, -0.2) is 0 Å². The van der Waals surface area contributed by atoms with Crippen LogP contribution in [0.4, 0.5) is 0 Å². The van der Waals surface area contributed by atoms with Crippen LogP contribution in [0, 0.1) is 5.92 Å². The van der Waals surface area contributed by atoms with Crippen LogP contribution in [0.25, 0.3) is 0 Å². The summed E-state index contributed by atoms with van der Waals surface area (Å²) in [4.78, 5) is 36.4. The van der Waals surface area contributed by atoms with Crippen LogP contribution in [0.5, 0.6) is 0 Å². The molecule has 2 amide bonds. The van der Waals surface area contributed by atoms with Gasteiger partial charge < -0.3 is 5.73 Å². The Balaban J connectivity index is 5.18. The molecule has 98 valence electrons. The molecule has 0 aliphatic heterocycles. The zero-order valence-electron chi connectivity index (χ0n) is 11.0. The van der Waals surface area contributed by atoms with Crippen LogP contribution in [-0.2, 0) is 14.4 Å². The molecule has 0 heterocycles. The predicted octanol–water partition coefficient (Wildman–Crippen LogP) is 0.714. The van der Waals surface area contributed by atoms with Gasteiger partial charge in [-0.3, -0.25) is 19.3 Å². The van der Waals surface area contributed by atoms with Gasteiger partial charge in [0.25, 0.3) is 0 Å². The quantitative estimate of drug-likeness (QED) is 0.744. The second-order valence-electron chi connectivity index (χ2n) is 4.17. The Morgan fingerprint density at radius 1 is 1.06 bits per heavy atom. The largest absolute Gasteiger partial charge is 0.328 e. The first-order valence-corrected chi connectivity index (χ1v) is 5.99. The maximum absolute atomic E-state index is 11.9. The van der Waals surface area contributed by atoms with E-state index < -0.39 is 6.04 Å². The van der Waals surface area contributed by atoms with Gasteiger partial charge in [0.2, 0.25) is 11.8 Å². The minimum Gasteiger partial charge on any atom is -0.328 e. The summed E-state index contributed by atoms with van der Waals surface area (Å²) in [5.41, 5.74) is 5.53. The third-order valence-electron chi connectivity index (χ3n) is 2.57. The normalized spacial score (nSPS) is 12.4. The van der Waals surface area contributed by atoms with Crippen molar-refractivity contribution >= 4 is 17.6 Å². The summed E-state index contributed by atoms with van der Waals surface area (Å²) in [5.74, 6) is -1.11. The van der Waals surface area contributed by atoms with Crippen molar-refractivity contribution in [2.24, 2.45) is 11.7 Å². The lowest BCUT2D eigenvalue weighted by atomic mass is 10.00. The van der Waals surface area contributed by atoms with Gasteiger partial charge >= 0.3 is 0 Å². The van der Waals surface area contributed by atoms with E-state index in [1.54, 1.807) is 27.7 Å². The zero-order valence-corrected chi connectivity index (χ0v) is 11.0. The Hall–Kier alpha value is -1.23. The fraction of sp³-hybridized carbons (Fsp3) is 0.750. The van der Waals surface area contributed by atoms with Crippen molar-refractivity contribution in [3.63, 3.8) is 0 Å². The maximum atomic E-state index is 11.9. The molecule has 5 heteroatoms. The lowest BCUT2D eigenvalue weighted by Gasteiger charge is -2.28. The van der Waals surface area contributed by atoms with Crippen LogP contribution in [0.15, 0.2) is 0 Å². The average Bonchev–Trinajstić information content (AvgIpc) is 2.32. The molecule has 0 fully saturated rings. The summed E-state index contributed by atoms with van der Waals surface area (Å²) in [6, 6.07) is -0.824. The smallest absolute Gasteiger partial charge is 0.229 e. The molecule has 0 radical (unpaired) electrons. The van der Waals surface area contributed by atoms with Gasteiger partial charge in [0, 0.05) is 25.3 Å². The third kappa shape index (κ3) is 3.93. The topological polar surface area (TPSA) is 80.5 Å². The molecule has 0 spiro atoms. The molecule has 2 N–H and O–H groups in total. The van der Waals surface area contributed by atoms with Crippen molar-refractivity contribution in [2.45, 2.75) is 46.6 Å². The second kappa shape index (κ2) is 7.17.